The lowest BCUT2D eigenvalue weighted by Crippen LogP contribution is -2.62. The molecule has 144 valence electrons. The van der Waals surface area contributed by atoms with Gasteiger partial charge in [-0.25, -0.2) is 0 Å². The monoisotopic (exact) mass is 386 g/mol. The number of ether oxygens (including phenoxy) is 1. The number of amides is 1. The van der Waals surface area contributed by atoms with Crippen LogP contribution in [-0.2, 0) is 0 Å². The zero-order valence-corrected chi connectivity index (χ0v) is 15.6. The lowest BCUT2D eigenvalue weighted by atomic mass is 10.0. The van der Waals surface area contributed by atoms with Crippen LogP contribution in [0, 0.1) is 0 Å². The number of anilines is 1. The first kappa shape index (κ1) is 18.4. The van der Waals surface area contributed by atoms with Crippen LogP contribution in [0.15, 0.2) is 78.9 Å². The second kappa shape index (κ2) is 7.24. The van der Waals surface area contributed by atoms with E-state index in [9.17, 15) is 14.4 Å². The van der Waals surface area contributed by atoms with Crippen LogP contribution in [0.2, 0.25) is 0 Å². The van der Waals surface area contributed by atoms with Crippen molar-refractivity contribution in [3.05, 3.63) is 95.6 Å². The molecule has 0 spiro atoms. The lowest BCUT2D eigenvalue weighted by molar-refractivity contribution is 0.0726. The third kappa shape index (κ3) is 3.14. The fourth-order valence-electron chi connectivity index (χ4n) is 3.37. The highest BCUT2D eigenvalue weighted by Gasteiger charge is 2.54. The van der Waals surface area contributed by atoms with Gasteiger partial charge in [-0.3, -0.25) is 14.4 Å². The number of fused-ring (bicyclic) bond motifs is 1. The minimum absolute atomic E-state index is 0.270. The summed E-state index contributed by atoms with van der Waals surface area (Å²) in [5.41, 5.74) is -0.544. The second-order valence-electron chi connectivity index (χ2n) is 6.63. The van der Waals surface area contributed by atoms with Crippen LogP contribution in [0.25, 0.3) is 0 Å². The summed E-state index contributed by atoms with van der Waals surface area (Å²) in [7, 11) is 1.55. The molecule has 0 atom stereocenters. The van der Waals surface area contributed by atoms with E-state index in [1.807, 2.05) is 0 Å². The average molecular weight is 386 g/mol. The molecule has 6 nitrogen and oxygen atoms in total. The summed E-state index contributed by atoms with van der Waals surface area (Å²) in [5, 5.41) is 5.62. The molecule has 0 radical (unpaired) electrons. The van der Waals surface area contributed by atoms with E-state index in [0.717, 1.165) is 0 Å². The predicted molar refractivity (Wildman–Crippen MR) is 108 cm³/mol. The molecule has 0 aliphatic heterocycles. The van der Waals surface area contributed by atoms with E-state index in [0.29, 0.717) is 17.0 Å². The van der Waals surface area contributed by atoms with Gasteiger partial charge in [0.05, 0.1) is 7.11 Å². The van der Waals surface area contributed by atoms with E-state index < -0.39 is 23.1 Å². The molecule has 0 aromatic heterocycles. The third-order valence-electron chi connectivity index (χ3n) is 4.86. The molecule has 1 amide bonds. The maximum Gasteiger partial charge on any atom is 0.253 e. The van der Waals surface area contributed by atoms with Gasteiger partial charge < -0.3 is 15.4 Å². The molecule has 0 saturated carbocycles. The molecule has 3 aromatic carbocycles. The fraction of sp³-hybridized carbons (Fsp3) is 0.0870. The normalized spacial score (nSPS) is 14.2. The number of hydrogen-bond acceptors (Lipinski definition) is 5. The number of benzene rings is 3. The van der Waals surface area contributed by atoms with Gasteiger partial charge in [-0.05, 0) is 36.4 Å². The molecule has 0 unspecified atom stereocenters. The SMILES string of the molecule is COc1ccc(NC2(NC(=O)c3ccccc3)C(=O)c3ccccc3C2=O)cc1. The first-order valence-corrected chi connectivity index (χ1v) is 9.03. The van der Waals surface area contributed by atoms with Crippen molar-refractivity contribution in [2.75, 3.05) is 12.4 Å². The van der Waals surface area contributed by atoms with E-state index in [1.54, 1.807) is 86.0 Å². The van der Waals surface area contributed by atoms with Gasteiger partial charge >= 0.3 is 0 Å². The van der Waals surface area contributed by atoms with E-state index in [2.05, 4.69) is 10.6 Å². The van der Waals surface area contributed by atoms with Crippen LogP contribution < -0.4 is 15.4 Å². The Kier molecular flexibility index (Phi) is 4.60. The molecule has 0 heterocycles. The first-order chi connectivity index (χ1) is 14.0. The summed E-state index contributed by atoms with van der Waals surface area (Å²) in [4.78, 5) is 39.5. The Hall–Kier alpha value is -3.93. The van der Waals surface area contributed by atoms with Crippen LogP contribution in [-0.4, -0.2) is 30.2 Å². The van der Waals surface area contributed by atoms with Gasteiger partial charge in [0.1, 0.15) is 5.75 Å². The molecule has 0 bridgehead atoms. The van der Waals surface area contributed by atoms with Gasteiger partial charge in [-0.15, -0.1) is 0 Å². The van der Waals surface area contributed by atoms with Gasteiger partial charge in [-0.1, -0.05) is 42.5 Å². The summed E-state index contributed by atoms with van der Waals surface area (Å²) < 4.78 is 5.15. The Balaban J connectivity index is 1.76. The number of ketones is 2. The third-order valence-corrected chi connectivity index (χ3v) is 4.86. The lowest BCUT2D eigenvalue weighted by Gasteiger charge is -2.29. The molecule has 1 aliphatic carbocycles. The molecule has 4 rings (SSSR count). The quantitative estimate of drug-likeness (QED) is 0.519. The average Bonchev–Trinajstić information content (AvgIpc) is 2.97. The number of hydrogen-bond donors (Lipinski definition) is 2. The fourth-order valence-corrected chi connectivity index (χ4v) is 3.37. The highest BCUT2D eigenvalue weighted by molar-refractivity contribution is 6.35. The topological polar surface area (TPSA) is 84.5 Å². The smallest absolute Gasteiger partial charge is 0.253 e. The highest BCUT2D eigenvalue weighted by atomic mass is 16.5. The van der Waals surface area contributed by atoms with Gasteiger partial charge in [0, 0.05) is 22.4 Å². The number of methoxy groups -OCH3 is 1. The van der Waals surface area contributed by atoms with Gasteiger partial charge in [0.15, 0.2) is 0 Å². The van der Waals surface area contributed by atoms with E-state index in [-0.39, 0.29) is 11.1 Å². The Morgan fingerprint density at radius 1 is 0.793 bits per heavy atom. The van der Waals surface area contributed by atoms with Gasteiger partial charge in [-0.2, -0.15) is 0 Å². The van der Waals surface area contributed by atoms with Crippen molar-refractivity contribution in [2.24, 2.45) is 0 Å². The van der Waals surface area contributed by atoms with E-state index in [1.165, 1.54) is 0 Å². The minimum Gasteiger partial charge on any atom is -0.497 e. The van der Waals surface area contributed by atoms with Crippen LogP contribution in [0.1, 0.15) is 31.1 Å². The van der Waals surface area contributed by atoms with Crippen LogP contribution in [0.4, 0.5) is 5.69 Å². The number of nitrogens with one attached hydrogen (secondary N) is 2. The van der Waals surface area contributed by atoms with Crippen molar-refractivity contribution in [3.63, 3.8) is 0 Å². The molecular formula is C23H18N2O4. The molecular weight excluding hydrogens is 368 g/mol. The molecule has 1 aliphatic rings. The van der Waals surface area contributed by atoms with Gasteiger partial charge in [0.25, 0.3) is 5.91 Å². The van der Waals surface area contributed by atoms with Crippen LogP contribution in [0.5, 0.6) is 5.75 Å². The Bertz CT molecular complexity index is 1060. The first-order valence-electron chi connectivity index (χ1n) is 9.03. The van der Waals surface area contributed by atoms with Crippen molar-refractivity contribution >= 4 is 23.2 Å². The Morgan fingerprint density at radius 3 is 1.90 bits per heavy atom. The van der Waals surface area contributed by atoms with Crippen molar-refractivity contribution in [1.82, 2.24) is 5.32 Å². The summed E-state index contributed by atoms with van der Waals surface area (Å²) in [6, 6.07) is 21.8. The Morgan fingerprint density at radius 2 is 1.34 bits per heavy atom. The molecule has 0 fully saturated rings. The zero-order valence-electron chi connectivity index (χ0n) is 15.6. The zero-order chi connectivity index (χ0) is 20.4. The molecule has 0 saturated heterocycles. The number of carbonyl (C=O) groups excluding carboxylic acids is 3. The molecule has 2 N–H and O–H groups in total. The molecule has 29 heavy (non-hydrogen) atoms. The minimum atomic E-state index is -1.93. The van der Waals surface area contributed by atoms with Gasteiger partial charge in [0.2, 0.25) is 17.2 Å². The second-order valence-corrected chi connectivity index (χ2v) is 6.63. The summed E-state index contributed by atoms with van der Waals surface area (Å²) in [6.07, 6.45) is 0. The van der Waals surface area contributed by atoms with Crippen molar-refractivity contribution in [3.8, 4) is 5.75 Å². The molecule has 3 aromatic rings. The number of Topliss-reactive ketones (excluding diaryl/α,β-unsaturated/α-hetero) is 2. The maximum absolute atomic E-state index is 13.3. The van der Waals surface area contributed by atoms with Crippen molar-refractivity contribution < 1.29 is 19.1 Å². The van der Waals surface area contributed by atoms with E-state index in [4.69, 9.17) is 4.74 Å². The maximum atomic E-state index is 13.3. The standard InChI is InChI=1S/C23H18N2O4/c1-29-17-13-11-16(12-14-17)24-23(25-22(28)15-7-3-2-4-8-15)20(26)18-9-5-6-10-19(18)21(23)27/h2-14,24H,1H3,(H,25,28). The van der Waals surface area contributed by atoms with Crippen LogP contribution in [0.3, 0.4) is 0 Å². The Labute approximate surface area is 167 Å². The number of rotatable bonds is 5. The van der Waals surface area contributed by atoms with Crippen molar-refractivity contribution in [1.29, 1.82) is 0 Å². The summed E-state index contributed by atoms with van der Waals surface area (Å²) >= 11 is 0. The molecule has 6 heteroatoms. The van der Waals surface area contributed by atoms with Crippen molar-refractivity contribution in [2.45, 2.75) is 5.66 Å². The van der Waals surface area contributed by atoms with Crippen LogP contribution >= 0.6 is 0 Å². The predicted octanol–water partition coefficient (Wildman–Crippen LogP) is 3.31. The largest absolute Gasteiger partial charge is 0.497 e. The van der Waals surface area contributed by atoms with E-state index >= 15 is 0 Å². The summed E-state index contributed by atoms with van der Waals surface area (Å²) in [6.45, 7) is 0. The summed E-state index contributed by atoms with van der Waals surface area (Å²) in [5.74, 6) is -0.900. The highest BCUT2D eigenvalue weighted by Crippen LogP contribution is 2.32. The number of carbonyl (C=O) groups is 3.